The van der Waals surface area contributed by atoms with Crippen LogP contribution in [0.25, 0.3) is 0 Å². The molecule has 0 atom stereocenters. The molecule has 3 rings (SSSR count). The van der Waals surface area contributed by atoms with Crippen LogP contribution in [0.1, 0.15) is 24.0 Å². The lowest BCUT2D eigenvalue weighted by Gasteiger charge is -2.30. The smallest absolute Gasteiger partial charge is 0.407 e. The summed E-state index contributed by atoms with van der Waals surface area (Å²) in [5, 5.41) is 5.20. The van der Waals surface area contributed by atoms with Crippen molar-refractivity contribution in [3.63, 3.8) is 0 Å². The van der Waals surface area contributed by atoms with Crippen LogP contribution in [0.2, 0.25) is 0 Å². The predicted molar refractivity (Wildman–Crippen MR) is 122 cm³/mol. The summed E-state index contributed by atoms with van der Waals surface area (Å²) in [6, 6.07) is 17.0. The third-order valence-corrected chi connectivity index (χ3v) is 5.55. The van der Waals surface area contributed by atoms with Gasteiger partial charge in [-0.3, -0.25) is 9.59 Å². The van der Waals surface area contributed by atoms with E-state index in [9.17, 15) is 14.4 Å². The molecular formula is C24H30N4O4. The van der Waals surface area contributed by atoms with E-state index in [1.807, 2.05) is 54.6 Å². The summed E-state index contributed by atoms with van der Waals surface area (Å²) >= 11 is 0. The molecule has 1 heterocycles. The Balaban J connectivity index is 1.32. The number of likely N-dealkylation sites (tertiary alicyclic amines) is 1. The first kappa shape index (κ1) is 23.3. The van der Waals surface area contributed by atoms with Gasteiger partial charge in [0.25, 0.3) is 0 Å². The van der Waals surface area contributed by atoms with Crippen molar-refractivity contribution in [3.8, 4) is 0 Å². The molecule has 0 saturated carbocycles. The van der Waals surface area contributed by atoms with Crippen molar-refractivity contribution in [3.05, 3.63) is 65.7 Å². The number of hydrogen-bond acceptors (Lipinski definition) is 5. The molecule has 1 aliphatic heterocycles. The van der Waals surface area contributed by atoms with Crippen LogP contribution in [0.4, 0.5) is 10.5 Å². The summed E-state index contributed by atoms with van der Waals surface area (Å²) in [6.45, 7) is 2.69. The molecule has 32 heavy (non-hydrogen) atoms. The number of ether oxygens (including phenoxy) is 1. The Kier molecular flexibility index (Phi) is 8.62. The van der Waals surface area contributed by atoms with Gasteiger partial charge in [-0.1, -0.05) is 42.5 Å². The second-order valence-corrected chi connectivity index (χ2v) is 7.93. The van der Waals surface area contributed by atoms with Crippen molar-refractivity contribution < 1.29 is 19.1 Å². The minimum atomic E-state index is -0.640. The van der Waals surface area contributed by atoms with E-state index in [-0.39, 0.29) is 30.9 Å². The molecule has 1 saturated heterocycles. The van der Waals surface area contributed by atoms with Crippen LogP contribution >= 0.6 is 0 Å². The third kappa shape index (κ3) is 7.70. The normalized spacial score (nSPS) is 14.5. The molecule has 1 fully saturated rings. The van der Waals surface area contributed by atoms with Crippen molar-refractivity contribution in [1.29, 1.82) is 0 Å². The van der Waals surface area contributed by atoms with Crippen LogP contribution in [0, 0.1) is 5.92 Å². The first-order valence-corrected chi connectivity index (χ1v) is 10.8. The fourth-order valence-electron chi connectivity index (χ4n) is 3.61. The molecular weight excluding hydrogens is 408 g/mol. The Morgan fingerprint density at radius 1 is 0.969 bits per heavy atom. The van der Waals surface area contributed by atoms with Crippen LogP contribution < -0.4 is 16.4 Å². The predicted octanol–water partition coefficient (Wildman–Crippen LogP) is 2.29. The van der Waals surface area contributed by atoms with Crippen molar-refractivity contribution in [2.24, 2.45) is 11.7 Å². The van der Waals surface area contributed by atoms with Crippen LogP contribution in [0.3, 0.4) is 0 Å². The molecule has 0 bridgehead atoms. The van der Waals surface area contributed by atoms with Gasteiger partial charge in [0.1, 0.15) is 13.2 Å². The number of hydrogen-bond donors (Lipinski definition) is 3. The monoisotopic (exact) mass is 438 g/mol. The molecule has 0 radical (unpaired) electrons. The standard InChI is InChI=1S/C24H30N4O4/c25-23(30)20-11-14-28(15-12-20)13-10-18-6-8-21(9-7-18)27-22(29)16-26-24(31)32-17-19-4-2-1-3-5-19/h1-9,20H,10-17H2,(H2,25,30)(H,26,31)(H,27,29). The SMILES string of the molecule is NC(=O)C1CCN(CCc2ccc(NC(=O)CNC(=O)OCc3ccccc3)cc2)CC1. The molecule has 2 aromatic rings. The molecule has 1 aliphatic rings. The highest BCUT2D eigenvalue weighted by atomic mass is 16.5. The van der Waals surface area contributed by atoms with Crippen LogP contribution in [-0.2, 0) is 27.4 Å². The minimum absolute atomic E-state index is 0.00866. The fraction of sp³-hybridized carbons (Fsp3) is 0.375. The maximum atomic E-state index is 12.1. The average molecular weight is 439 g/mol. The summed E-state index contributed by atoms with van der Waals surface area (Å²) in [4.78, 5) is 37.4. The van der Waals surface area contributed by atoms with Gasteiger partial charge >= 0.3 is 6.09 Å². The van der Waals surface area contributed by atoms with E-state index in [0.29, 0.717) is 5.69 Å². The lowest BCUT2D eigenvalue weighted by atomic mass is 9.96. The van der Waals surface area contributed by atoms with Crippen molar-refractivity contribution >= 4 is 23.6 Å². The Hall–Kier alpha value is -3.39. The van der Waals surface area contributed by atoms with Gasteiger partial charge in [0.05, 0.1) is 0 Å². The minimum Gasteiger partial charge on any atom is -0.445 e. The molecule has 4 N–H and O–H groups in total. The zero-order valence-electron chi connectivity index (χ0n) is 18.1. The summed E-state index contributed by atoms with van der Waals surface area (Å²) < 4.78 is 5.08. The van der Waals surface area contributed by atoms with E-state index in [0.717, 1.165) is 44.5 Å². The number of piperidine rings is 1. The molecule has 0 spiro atoms. The van der Waals surface area contributed by atoms with Gasteiger partial charge in [0.15, 0.2) is 0 Å². The second kappa shape index (κ2) is 11.9. The fourth-order valence-corrected chi connectivity index (χ4v) is 3.61. The van der Waals surface area contributed by atoms with Crippen LogP contribution in [-0.4, -0.2) is 49.0 Å². The summed E-state index contributed by atoms with van der Waals surface area (Å²) in [7, 11) is 0. The number of nitrogens with one attached hydrogen (secondary N) is 2. The number of anilines is 1. The summed E-state index contributed by atoms with van der Waals surface area (Å²) in [5.74, 6) is -0.511. The molecule has 8 nitrogen and oxygen atoms in total. The maximum Gasteiger partial charge on any atom is 0.407 e. The topological polar surface area (TPSA) is 114 Å². The zero-order chi connectivity index (χ0) is 22.8. The van der Waals surface area contributed by atoms with E-state index in [4.69, 9.17) is 10.5 Å². The molecule has 170 valence electrons. The highest BCUT2D eigenvalue weighted by molar-refractivity contribution is 5.93. The van der Waals surface area contributed by atoms with Gasteiger partial charge in [-0.2, -0.15) is 0 Å². The Labute approximate surface area is 188 Å². The second-order valence-electron chi connectivity index (χ2n) is 7.93. The van der Waals surface area contributed by atoms with Crippen molar-refractivity contribution in [2.45, 2.75) is 25.9 Å². The van der Waals surface area contributed by atoms with Crippen molar-refractivity contribution in [1.82, 2.24) is 10.2 Å². The number of rotatable bonds is 9. The van der Waals surface area contributed by atoms with Gasteiger partial charge in [-0.15, -0.1) is 0 Å². The van der Waals surface area contributed by atoms with Crippen LogP contribution in [0.5, 0.6) is 0 Å². The van der Waals surface area contributed by atoms with E-state index < -0.39 is 6.09 Å². The van der Waals surface area contributed by atoms with Gasteiger partial charge in [-0.05, 0) is 55.6 Å². The molecule has 2 aromatic carbocycles. The van der Waals surface area contributed by atoms with Crippen LogP contribution in [0.15, 0.2) is 54.6 Å². The maximum absolute atomic E-state index is 12.1. The number of nitrogens with two attached hydrogens (primary N) is 1. The number of amides is 3. The number of alkyl carbamates (subject to hydrolysis) is 1. The largest absolute Gasteiger partial charge is 0.445 e. The van der Waals surface area contributed by atoms with Crippen molar-refractivity contribution in [2.75, 3.05) is 31.5 Å². The number of benzene rings is 2. The molecule has 3 amide bonds. The lowest BCUT2D eigenvalue weighted by Crippen LogP contribution is -2.39. The summed E-state index contributed by atoms with van der Waals surface area (Å²) in [5.41, 5.74) is 8.09. The first-order valence-electron chi connectivity index (χ1n) is 10.8. The molecule has 0 aliphatic carbocycles. The summed E-state index contributed by atoms with van der Waals surface area (Å²) in [6.07, 6.45) is 1.91. The zero-order valence-corrected chi connectivity index (χ0v) is 18.1. The highest BCUT2D eigenvalue weighted by Crippen LogP contribution is 2.17. The number of nitrogens with zero attached hydrogens (tertiary/aromatic N) is 1. The number of primary amides is 1. The Morgan fingerprint density at radius 3 is 2.31 bits per heavy atom. The lowest BCUT2D eigenvalue weighted by molar-refractivity contribution is -0.123. The van der Waals surface area contributed by atoms with Gasteiger partial charge in [0.2, 0.25) is 11.8 Å². The van der Waals surface area contributed by atoms with E-state index in [2.05, 4.69) is 15.5 Å². The van der Waals surface area contributed by atoms with E-state index in [1.165, 1.54) is 5.56 Å². The molecule has 0 aromatic heterocycles. The number of carbonyl (C=O) groups is 3. The average Bonchev–Trinajstić information content (AvgIpc) is 2.82. The quantitative estimate of drug-likeness (QED) is 0.556. The Morgan fingerprint density at radius 2 is 1.66 bits per heavy atom. The van der Waals surface area contributed by atoms with Gasteiger partial charge in [0, 0.05) is 18.2 Å². The van der Waals surface area contributed by atoms with Gasteiger partial charge < -0.3 is 26.0 Å². The van der Waals surface area contributed by atoms with E-state index in [1.54, 1.807) is 0 Å². The number of carbonyl (C=O) groups excluding carboxylic acids is 3. The first-order chi connectivity index (χ1) is 15.5. The van der Waals surface area contributed by atoms with E-state index >= 15 is 0 Å². The molecule has 8 heteroatoms. The third-order valence-electron chi connectivity index (χ3n) is 5.55. The van der Waals surface area contributed by atoms with Gasteiger partial charge in [-0.25, -0.2) is 4.79 Å². The molecule has 0 unspecified atom stereocenters. The highest BCUT2D eigenvalue weighted by Gasteiger charge is 2.22. The Bertz CT molecular complexity index is 894.